The number of aromatic nitrogens is 2. The third-order valence-electron chi connectivity index (χ3n) is 3.63. The maximum atomic E-state index is 5.80. The van der Waals surface area contributed by atoms with Crippen LogP contribution in [0.3, 0.4) is 0 Å². The van der Waals surface area contributed by atoms with Gasteiger partial charge in [-0.3, -0.25) is 4.98 Å². The van der Waals surface area contributed by atoms with E-state index in [0.29, 0.717) is 5.82 Å². The Kier molecular flexibility index (Phi) is 5.90. The van der Waals surface area contributed by atoms with Gasteiger partial charge >= 0.3 is 0 Å². The molecule has 0 aliphatic carbocycles. The average Bonchev–Trinajstić information content (AvgIpc) is 2.44. The van der Waals surface area contributed by atoms with Gasteiger partial charge < -0.3 is 10.6 Å². The second-order valence-corrected chi connectivity index (χ2v) is 6.17. The highest BCUT2D eigenvalue weighted by atomic mass is 15.0. The number of hydrogen-bond acceptors (Lipinski definition) is 4. The summed E-state index contributed by atoms with van der Waals surface area (Å²) in [5, 5.41) is 0. The Hall–Kier alpha value is -1.94. The molecule has 0 saturated carbocycles. The molecule has 0 aliphatic rings. The zero-order valence-corrected chi connectivity index (χ0v) is 13.8. The maximum absolute atomic E-state index is 5.80. The van der Waals surface area contributed by atoms with Crippen LogP contribution in [0.1, 0.15) is 28.8 Å². The molecule has 0 saturated heterocycles. The minimum atomic E-state index is 0.602. The van der Waals surface area contributed by atoms with Gasteiger partial charge in [0.25, 0.3) is 0 Å². The van der Waals surface area contributed by atoms with Crippen LogP contribution in [0.5, 0.6) is 0 Å². The molecule has 0 radical (unpaired) electrons. The van der Waals surface area contributed by atoms with Crippen molar-refractivity contribution < 1.29 is 0 Å². The predicted molar refractivity (Wildman–Crippen MR) is 91.9 cm³/mol. The van der Waals surface area contributed by atoms with Crippen molar-refractivity contribution in [1.29, 1.82) is 0 Å². The smallest absolute Gasteiger partial charge is 0.123 e. The van der Waals surface area contributed by atoms with Crippen molar-refractivity contribution in [2.45, 2.75) is 32.6 Å². The number of nitrogens with two attached hydrogens (primary N) is 1. The summed E-state index contributed by atoms with van der Waals surface area (Å²) in [7, 11) is 4.21. The Morgan fingerprint density at radius 1 is 1.00 bits per heavy atom. The standard InChI is InChI=1S/C18H26N4/c1-14-9-17(21-18(19)10-14)7-6-16-11-15(12-20-13-16)5-4-8-22(2)3/h9-13H,4-8H2,1-3H3,(H2,19,21). The zero-order valence-electron chi connectivity index (χ0n) is 13.8. The first-order chi connectivity index (χ1) is 10.5. The van der Waals surface area contributed by atoms with Gasteiger partial charge in [0.1, 0.15) is 5.82 Å². The van der Waals surface area contributed by atoms with Gasteiger partial charge in [-0.05, 0) is 82.1 Å². The van der Waals surface area contributed by atoms with Crippen molar-refractivity contribution in [2.24, 2.45) is 0 Å². The molecule has 0 bridgehead atoms. The number of anilines is 1. The molecule has 0 aromatic carbocycles. The summed E-state index contributed by atoms with van der Waals surface area (Å²) in [5.74, 6) is 0.602. The van der Waals surface area contributed by atoms with Crippen LogP contribution in [0.25, 0.3) is 0 Å². The molecular formula is C18H26N4. The lowest BCUT2D eigenvalue weighted by atomic mass is 10.0. The minimum Gasteiger partial charge on any atom is -0.384 e. The Labute approximate surface area is 133 Å². The maximum Gasteiger partial charge on any atom is 0.123 e. The fourth-order valence-electron chi connectivity index (χ4n) is 2.58. The molecule has 0 fully saturated rings. The van der Waals surface area contributed by atoms with Crippen LogP contribution in [0.15, 0.2) is 30.6 Å². The van der Waals surface area contributed by atoms with E-state index in [0.717, 1.165) is 43.5 Å². The monoisotopic (exact) mass is 298 g/mol. The summed E-state index contributed by atoms with van der Waals surface area (Å²) in [6.07, 6.45) is 8.01. The molecule has 22 heavy (non-hydrogen) atoms. The van der Waals surface area contributed by atoms with Gasteiger partial charge in [0.2, 0.25) is 0 Å². The van der Waals surface area contributed by atoms with Crippen molar-refractivity contribution >= 4 is 5.82 Å². The predicted octanol–water partition coefficient (Wildman–Crippen LogP) is 2.65. The third-order valence-corrected chi connectivity index (χ3v) is 3.63. The van der Waals surface area contributed by atoms with E-state index < -0.39 is 0 Å². The van der Waals surface area contributed by atoms with Gasteiger partial charge in [-0.2, -0.15) is 0 Å². The van der Waals surface area contributed by atoms with Crippen LogP contribution in [0, 0.1) is 6.92 Å². The van der Waals surface area contributed by atoms with Gasteiger partial charge in [-0.15, -0.1) is 0 Å². The summed E-state index contributed by atoms with van der Waals surface area (Å²) in [5.41, 5.74) is 10.6. The summed E-state index contributed by atoms with van der Waals surface area (Å²) in [4.78, 5) is 11.0. The number of nitrogens with zero attached hydrogens (tertiary/aromatic N) is 3. The van der Waals surface area contributed by atoms with Gasteiger partial charge in [0.05, 0.1) is 0 Å². The highest BCUT2D eigenvalue weighted by Gasteiger charge is 2.02. The molecule has 4 nitrogen and oxygen atoms in total. The molecule has 0 unspecified atom stereocenters. The number of aryl methyl sites for hydroxylation is 4. The largest absolute Gasteiger partial charge is 0.384 e. The molecule has 2 aromatic heterocycles. The van der Waals surface area contributed by atoms with Gasteiger partial charge in [0.15, 0.2) is 0 Å². The molecule has 2 aromatic rings. The van der Waals surface area contributed by atoms with E-state index in [1.807, 2.05) is 18.5 Å². The molecule has 0 aliphatic heterocycles. The number of nitrogen functional groups attached to an aromatic ring is 1. The Morgan fingerprint density at radius 3 is 2.41 bits per heavy atom. The van der Waals surface area contributed by atoms with E-state index >= 15 is 0 Å². The highest BCUT2D eigenvalue weighted by molar-refractivity contribution is 5.34. The Balaban J connectivity index is 1.92. The van der Waals surface area contributed by atoms with E-state index in [-0.39, 0.29) is 0 Å². The number of pyridine rings is 2. The first kappa shape index (κ1) is 16.4. The van der Waals surface area contributed by atoms with Crippen LogP contribution >= 0.6 is 0 Å². The molecule has 2 rings (SSSR count). The van der Waals surface area contributed by atoms with Crippen molar-refractivity contribution in [3.63, 3.8) is 0 Å². The third kappa shape index (κ3) is 5.45. The van der Waals surface area contributed by atoms with E-state index in [1.54, 1.807) is 0 Å². The minimum absolute atomic E-state index is 0.602. The summed E-state index contributed by atoms with van der Waals surface area (Å²) >= 11 is 0. The molecule has 0 amide bonds. The molecule has 0 spiro atoms. The van der Waals surface area contributed by atoms with E-state index in [9.17, 15) is 0 Å². The Morgan fingerprint density at radius 2 is 1.73 bits per heavy atom. The lowest BCUT2D eigenvalue weighted by Gasteiger charge is -2.09. The van der Waals surface area contributed by atoms with Crippen molar-refractivity contribution in [3.05, 3.63) is 53.0 Å². The fraction of sp³-hybridized carbons (Fsp3) is 0.444. The molecular weight excluding hydrogens is 272 g/mol. The Bertz CT molecular complexity index is 588. The second kappa shape index (κ2) is 7.90. The number of hydrogen-bond donors (Lipinski definition) is 1. The molecule has 4 heteroatoms. The molecule has 2 N–H and O–H groups in total. The van der Waals surface area contributed by atoms with E-state index in [1.165, 1.54) is 11.1 Å². The van der Waals surface area contributed by atoms with E-state index in [4.69, 9.17) is 5.73 Å². The summed E-state index contributed by atoms with van der Waals surface area (Å²) in [6, 6.07) is 6.27. The van der Waals surface area contributed by atoms with Crippen molar-refractivity contribution in [3.8, 4) is 0 Å². The van der Waals surface area contributed by atoms with Crippen LogP contribution in [-0.2, 0) is 19.3 Å². The summed E-state index contributed by atoms with van der Waals surface area (Å²) < 4.78 is 0. The van der Waals surface area contributed by atoms with Crippen LogP contribution in [0.4, 0.5) is 5.82 Å². The van der Waals surface area contributed by atoms with Crippen LogP contribution in [-0.4, -0.2) is 35.5 Å². The highest BCUT2D eigenvalue weighted by Crippen LogP contribution is 2.11. The SMILES string of the molecule is Cc1cc(N)nc(CCc2cncc(CCCN(C)C)c2)c1. The van der Waals surface area contributed by atoms with Crippen LogP contribution < -0.4 is 5.73 Å². The summed E-state index contributed by atoms with van der Waals surface area (Å²) in [6.45, 7) is 3.16. The lowest BCUT2D eigenvalue weighted by Crippen LogP contribution is -2.13. The second-order valence-electron chi connectivity index (χ2n) is 6.17. The van der Waals surface area contributed by atoms with Crippen LogP contribution in [0.2, 0.25) is 0 Å². The first-order valence-electron chi connectivity index (χ1n) is 7.83. The first-order valence-corrected chi connectivity index (χ1v) is 7.83. The average molecular weight is 298 g/mol. The molecule has 2 heterocycles. The quantitative estimate of drug-likeness (QED) is 0.854. The van der Waals surface area contributed by atoms with Crippen molar-refractivity contribution in [1.82, 2.24) is 14.9 Å². The van der Waals surface area contributed by atoms with Gasteiger partial charge in [-0.25, -0.2) is 4.98 Å². The normalized spacial score (nSPS) is 11.1. The lowest BCUT2D eigenvalue weighted by molar-refractivity contribution is 0.400. The fourth-order valence-corrected chi connectivity index (χ4v) is 2.58. The molecule has 118 valence electrons. The zero-order chi connectivity index (χ0) is 15.9. The van der Waals surface area contributed by atoms with Crippen molar-refractivity contribution in [2.75, 3.05) is 26.4 Å². The topological polar surface area (TPSA) is 55.0 Å². The van der Waals surface area contributed by atoms with Gasteiger partial charge in [-0.1, -0.05) is 6.07 Å². The van der Waals surface area contributed by atoms with E-state index in [2.05, 4.69) is 48.0 Å². The van der Waals surface area contributed by atoms with Gasteiger partial charge in [0, 0.05) is 18.1 Å². The number of rotatable bonds is 7. The molecule has 0 atom stereocenters.